The molecule has 1 fully saturated rings. The number of benzene rings is 1. The summed E-state index contributed by atoms with van der Waals surface area (Å²) in [5.74, 6) is -0.460. The second-order valence-corrected chi connectivity index (χ2v) is 8.05. The summed E-state index contributed by atoms with van der Waals surface area (Å²) in [5, 5.41) is 9.63. The van der Waals surface area contributed by atoms with Gasteiger partial charge in [0.25, 0.3) is 5.91 Å². The molecule has 1 aliphatic rings. The maximum Gasteiger partial charge on any atom is 0.343 e. The van der Waals surface area contributed by atoms with Crippen LogP contribution in [0.1, 0.15) is 34.2 Å². The van der Waals surface area contributed by atoms with Crippen LogP contribution in [0, 0.1) is 18.3 Å². The molecule has 0 radical (unpaired) electrons. The minimum Gasteiger partial charge on any atom is -0.449 e. The van der Waals surface area contributed by atoms with Gasteiger partial charge in [-0.05, 0) is 31.5 Å². The van der Waals surface area contributed by atoms with Gasteiger partial charge < -0.3 is 14.1 Å². The van der Waals surface area contributed by atoms with Crippen molar-refractivity contribution < 1.29 is 18.7 Å². The van der Waals surface area contributed by atoms with Crippen LogP contribution in [0.15, 0.2) is 59.3 Å². The van der Waals surface area contributed by atoms with Crippen molar-refractivity contribution in [2.75, 3.05) is 26.2 Å². The van der Waals surface area contributed by atoms with Crippen molar-refractivity contribution in [3.8, 4) is 12.0 Å². The molecule has 1 aromatic carbocycles. The van der Waals surface area contributed by atoms with E-state index in [-0.39, 0.29) is 28.7 Å². The number of esters is 1. The molecule has 1 saturated heterocycles. The van der Waals surface area contributed by atoms with Crippen molar-refractivity contribution in [1.82, 2.24) is 14.4 Å². The molecule has 0 spiro atoms. The van der Waals surface area contributed by atoms with E-state index in [1.54, 1.807) is 47.8 Å². The lowest BCUT2D eigenvalue weighted by Gasteiger charge is -2.35. The number of hydrogen-bond donors (Lipinski definition) is 0. The van der Waals surface area contributed by atoms with Crippen LogP contribution < -0.4 is 0 Å². The smallest absolute Gasteiger partial charge is 0.343 e. The number of hydrogen-bond acceptors (Lipinski definition) is 6. The number of ether oxygens (including phenoxy) is 1. The van der Waals surface area contributed by atoms with E-state index >= 15 is 0 Å². The standard InChI is InChI=1S/C25H26N4O4/c1-18-22(21(16-26)24(32-18)29-10-6-7-11-29)25(31)33-19(2)23(30)28-14-12-27(13-15-28)17-20-8-4-3-5-9-20/h3-11,19H,12-15,17H2,1-2H3. The number of aromatic nitrogens is 1. The lowest BCUT2D eigenvalue weighted by molar-refractivity contribution is -0.141. The summed E-state index contributed by atoms with van der Waals surface area (Å²) >= 11 is 0. The Balaban J connectivity index is 1.37. The second-order valence-electron chi connectivity index (χ2n) is 8.05. The van der Waals surface area contributed by atoms with E-state index in [2.05, 4.69) is 17.0 Å². The van der Waals surface area contributed by atoms with Crippen LogP contribution >= 0.6 is 0 Å². The maximum atomic E-state index is 12.9. The zero-order valence-corrected chi connectivity index (χ0v) is 18.7. The van der Waals surface area contributed by atoms with Gasteiger partial charge in [-0.25, -0.2) is 4.79 Å². The molecule has 4 rings (SSSR count). The Bertz CT molecular complexity index is 1150. The maximum absolute atomic E-state index is 12.9. The predicted molar refractivity (Wildman–Crippen MR) is 121 cm³/mol. The number of nitrogens with zero attached hydrogens (tertiary/aromatic N) is 4. The molecular weight excluding hydrogens is 420 g/mol. The van der Waals surface area contributed by atoms with Gasteiger partial charge in [-0.15, -0.1) is 0 Å². The highest BCUT2D eigenvalue weighted by Crippen LogP contribution is 2.26. The summed E-state index contributed by atoms with van der Waals surface area (Å²) in [7, 11) is 0. The van der Waals surface area contributed by atoms with Crippen molar-refractivity contribution in [2.24, 2.45) is 0 Å². The molecule has 8 nitrogen and oxygen atoms in total. The molecule has 0 aliphatic carbocycles. The molecule has 0 saturated carbocycles. The third kappa shape index (κ3) is 4.83. The van der Waals surface area contributed by atoms with Gasteiger partial charge in [0.2, 0.25) is 5.88 Å². The minimum absolute atomic E-state index is 0.0496. The Morgan fingerprint density at radius 2 is 1.76 bits per heavy atom. The molecule has 2 aromatic heterocycles. The van der Waals surface area contributed by atoms with Gasteiger partial charge in [0.15, 0.2) is 6.10 Å². The summed E-state index contributed by atoms with van der Waals surface area (Å²) in [6, 6.07) is 15.8. The van der Waals surface area contributed by atoms with Gasteiger partial charge >= 0.3 is 5.97 Å². The van der Waals surface area contributed by atoms with Gasteiger partial charge in [-0.1, -0.05) is 30.3 Å². The van der Waals surface area contributed by atoms with E-state index in [1.807, 2.05) is 24.3 Å². The molecule has 1 amide bonds. The number of carbonyl (C=O) groups excluding carboxylic acids is 2. The third-order valence-electron chi connectivity index (χ3n) is 5.79. The minimum atomic E-state index is -0.964. The first-order valence-corrected chi connectivity index (χ1v) is 10.9. The molecular formula is C25H26N4O4. The van der Waals surface area contributed by atoms with Crippen LogP contribution in [0.4, 0.5) is 0 Å². The lowest BCUT2D eigenvalue weighted by Crippen LogP contribution is -2.51. The quantitative estimate of drug-likeness (QED) is 0.540. The van der Waals surface area contributed by atoms with E-state index in [4.69, 9.17) is 9.15 Å². The summed E-state index contributed by atoms with van der Waals surface area (Å²) in [6.45, 7) is 6.64. The largest absolute Gasteiger partial charge is 0.449 e. The molecule has 170 valence electrons. The van der Waals surface area contributed by atoms with Crippen molar-refractivity contribution in [3.63, 3.8) is 0 Å². The number of aryl methyl sites for hydroxylation is 1. The topological polar surface area (TPSA) is 91.7 Å². The van der Waals surface area contributed by atoms with Crippen LogP contribution in [0.3, 0.4) is 0 Å². The Hall–Kier alpha value is -3.83. The zero-order chi connectivity index (χ0) is 23.4. The van der Waals surface area contributed by atoms with Crippen molar-refractivity contribution in [3.05, 3.63) is 77.3 Å². The van der Waals surface area contributed by atoms with E-state index in [1.165, 1.54) is 5.56 Å². The van der Waals surface area contributed by atoms with Crippen molar-refractivity contribution in [1.29, 1.82) is 5.26 Å². The molecule has 0 N–H and O–H groups in total. The number of amides is 1. The van der Waals surface area contributed by atoms with Gasteiger partial charge in [0.05, 0.1) is 0 Å². The fourth-order valence-corrected chi connectivity index (χ4v) is 4.03. The summed E-state index contributed by atoms with van der Waals surface area (Å²) in [6.07, 6.45) is 2.48. The highest BCUT2D eigenvalue weighted by Gasteiger charge is 2.31. The SMILES string of the molecule is Cc1oc(-n2cccc2)c(C#N)c1C(=O)OC(C)C(=O)N1CCN(Cc2ccccc2)CC1. The van der Waals surface area contributed by atoms with E-state index in [0.717, 1.165) is 19.6 Å². The predicted octanol–water partition coefficient (Wildman–Crippen LogP) is 3.14. The molecule has 3 heterocycles. The van der Waals surface area contributed by atoms with Crippen molar-refractivity contribution >= 4 is 11.9 Å². The van der Waals surface area contributed by atoms with E-state index in [9.17, 15) is 14.9 Å². The third-order valence-corrected chi connectivity index (χ3v) is 5.79. The Kier molecular flexibility index (Phi) is 6.61. The second kappa shape index (κ2) is 9.76. The molecule has 3 aromatic rings. The zero-order valence-electron chi connectivity index (χ0n) is 18.7. The van der Waals surface area contributed by atoms with Crippen molar-refractivity contribution in [2.45, 2.75) is 26.5 Å². The molecule has 1 unspecified atom stereocenters. The average Bonchev–Trinajstić information content (AvgIpc) is 3.47. The molecule has 8 heteroatoms. The van der Waals surface area contributed by atoms with Gasteiger partial charge in [0, 0.05) is 45.1 Å². The van der Waals surface area contributed by atoms with Crippen LogP contribution in [0.2, 0.25) is 0 Å². The van der Waals surface area contributed by atoms with Gasteiger partial charge in [-0.3, -0.25) is 14.3 Å². The van der Waals surface area contributed by atoms with Gasteiger partial charge in [-0.2, -0.15) is 5.26 Å². The summed E-state index contributed by atoms with van der Waals surface area (Å²) in [4.78, 5) is 29.8. The number of carbonyl (C=O) groups is 2. The first-order chi connectivity index (χ1) is 16.0. The lowest BCUT2D eigenvalue weighted by atomic mass is 10.1. The normalized spacial score (nSPS) is 15.1. The number of rotatable bonds is 6. The number of furan rings is 1. The van der Waals surface area contributed by atoms with E-state index < -0.39 is 12.1 Å². The van der Waals surface area contributed by atoms with Gasteiger partial charge in [0.1, 0.15) is 23.0 Å². The highest BCUT2D eigenvalue weighted by atomic mass is 16.5. The molecule has 1 aliphatic heterocycles. The fourth-order valence-electron chi connectivity index (χ4n) is 4.03. The highest BCUT2D eigenvalue weighted by molar-refractivity contribution is 5.96. The number of piperazine rings is 1. The Labute approximate surface area is 192 Å². The fraction of sp³-hybridized carbons (Fsp3) is 0.320. The average molecular weight is 447 g/mol. The van der Waals surface area contributed by atoms with Crippen LogP contribution in [-0.4, -0.2) is 58.5 Å². The summed E-state index contributed by atoms with van der Waals surface area (Å²) < 4.78 is 12.7. The Morgan fingerprint density at radius 3 is 2.39 bits per heavy atom. The van der Waals surface area contributed by atoms with Crippen LogP contribution in [0.25, 0.3) is 5.88 Å². The first-order valence-electron chi connectivity index (χ1n) is 10.9. The van der Waals surface area contributed by atoms with Crippen LogP contribution in [0.5, 0.6) is 0 Å². The monoisotopic (exact) mass is 446 g/mol. The van der Waals surface area contributed by atoms with Crippen LogP contribution in [-0.2, 0) is 16.1 Å². The molecule has 0 bridgehead atoms. The number of nitriles is 1. The van der Waals surface area contributed by atoms with E-state index in [0.29, 0.717) is 13.1 Å². The Morgan fingerprint density at radius 1 is 1.09 bits per heavy atom. The summed E-state index contributed by atoms with van der Waals surface area (Å²) in [5.41, 5.74) is 1.37. The first kappa shape index (κ1) is 22.4. The molecule has 33 heavy (non-hydrogen) atoms. The molecule has 1 atom stereocenters.